The van der Waals surface area contributed by atoms with E-state index in [1.54, 1.807) is 13.8 Å². The van der Waals surface area contributed by atoms with Gasteiger partial charge in [-0.3, -0.25) is 29.3 Å². The lowest BCUT2D eigenvalue weighted by molar-refractivity contribution is -0.384. The number of nitrogens with zero attached hydrogens (tertiary/aromatic N) is 1. The van der Waals surface area contributed by atoms with Crippen molar-refractivity contribution in [3.63, 3.8) is 0 Å². The van der Waals surface area contributed by atoms with Crippen molar-refractivity contribution < 1.29 is 24.1 Å². The highest BCUT2D eigenvalue weighted by atomic mass is 16.6. The number of hydrogen-bond donors (Lipinski definition) is 5. The summed E-state index contributed by atoms with van der Waals surface area (Å²) in [6.07, 6.45) is 0.774. The smallest absolute Gasteiger partial charge is 0.269 e. The number of carbonyl (C=O) groups excluding carboxylic acids is 4. The molecule has 0 aliphatic rings. The fraction of sp³-hybridized carbons (Fsp3) is 0.615. The molecule has 1 aromatic carbocycles. The first-order chi connectivity index (χ1) is 17.6. The van der Waals surface area contributed by atoms with E-state index >= 15 is 0 Å². The number of amides is 4. The molecule has 212 valence electrons. The zero-order valence-electron chi connectivity index (χ0n) is 23.2. The molecule has 38 heavy (non-hydrogen) atoms. The normalized spacial score (nSPS) is 14.4. The third-order valence-electron chi connectivity index (χ3n) is 5.75. The molecule has 0 fully saturated rings. The molecule has 12 heteroatoms. The van der Waals surface area contributed by atoms with Crippen LogP contribution in [-0.4, -0.2) is 52.7 Å². The maximum Gasteiger partial charge on any atom is 0.269 e. The third-order valence-corrected chi connectivity index (χ3v) is 5.75. The molecule has 0 saturated heterocycles. The SMILES string of the molecule is CC(C)C[C@H](NC(=O)[C@@H](NC(=O)[C@@H](N)CC(C)C)C(C)C)C(=O)N[C@@H](C)C(=O)Nc1ccc([N+](=O)[O-])cc1. The van der Waals surface area contributed by atoms with Gasteiger partial charge in [-0.2, -0.15) is 0 Å². The second-order valence-electron chi connectivity index (χ2n) is 10.7. The zero-order valence-corrected chi connectivity index (χ0v) is 23.2. The Morgan fingerprint density at radius 2 is 1.34 bits per heavy atom. The minimum atomic E-state index is -0.959. The van der Waals surface area contributed by atoms with Crippen molar-refractivity contribution >= 4 is 35.0 Å². The van der Waals surface area contributed by atoms with Crippen LogP contribution in [0.1, 0.15) is 61.3 Å². The summed E-state index contributed by atoms with van der Waals surface area (Å²) in [6, 6.07) is 1.73. The Morgan fingerprint density at radius 3 is 1.82 bits per heavy atom. The van der Waals surface area contributed by atoms with Crippen molar-refractivity contribution in [2.45, 2.75) is 85.5 Å². The largest absolute Gasteiger partial charge is 0.343 e. The van der Waals surface area contributed by atoms with E-state index < -0.39 is 52.7 Å². The molecule has 0 spiro atoms. The van der Waals surface area contributed by atoms with Gasteiger partial charge in [-0.15, -0.1) is 0 Å². The molecule has 0 aliphatic heterocycles. The number of non-ortho nitro benzene ring substituents is 1. The Labute approximate surface area is 224 Å². The van der Waals surface area contributed by atoms with E-state index in [0.29, 0.717) is 18.5 Å². The number of anilines is 1. The average molecular weight is 535 g/mol. The van der Waals surface area contributed by atoms with E-state index in [4.69, 9.17) is 5.73 Å². The van der Waals surface area contributed by atoms with E-state index in [-0.39, 0.29) is 23.4 Å². The van der Waals surface area contributed by atoms with Gasteiger partial charge in [-0.05, 0) is 49.7 Å². The van der Waals surface area contributed by atoms with Gasteiger partial charge in [0.2, 0.25) is 23.6 Å². The minimum Gasteiger partial charge on any atom is -0.343 e. The number of nitro benzene ring substituents is 1. The highest BCUT2D eigenvalue weighted by molar-refractivity contribution is 5.98. The topological polar surface area (TPSA) is 186 Å². The standard InChI is InChI=1S/C26H42N6O6/c1-14(2)12-20(27)24(34)31-22(16(5)6)26(36)30-21(13-15(3)4)25(35)28-17(7)23(33)29-18-8-10-19(11-9-18)32(37)38/h8-11,14-17,20-22H,12-13,27H2,1-7H3,(H,28,35)(H,29,33)(H,30,36)(H,31,34)/t17-,20-,21-,22-/m0/s1. The van der Waals surface area contributed by atoms with Crippen molar-refractivity contribution in [3.8, 4) is 0 Å². The number of nitro groups is 1. The van der Waals surface area contributed by atoms with E-state index in [1.165, 1.54) is 31.2 Å². The van der Waals surface area contributed by atoms with Crippen molar-refractivity contribution in [1.29, 1.82) is 0 Å². The van der Waals surface area contributed by atoms with Crippen LogP contribution in [0.4, 0.5) is 11.4 Å². The highest BCUT2D eigenvalue weighted by Crippen LogP contribution is 2.16. The summed E-state index contributed by atoms with van der Waals surface area (Å²) in [7, 11) is 0. The predicted octanol–water partition coefficient (Wildman–Crippen LogP) is 2.08. The lowest BCUT2D eigenvalue weighted by Gasteiger charge is -2.27. The fourth-order valence-electron chi connectivity index (χ4n) is 3.67. The number of rotatable bonds is 14. The Kier molecular flexibility index (Phi) is 12.8. The highest BCUT2D eigenvalue weighted by Gasteiger charge is 2.31. The first-order valence-electron chi connectivity index (χ1n) is 12.8. The first-order valence-corrected chi connectivity index (χ1v) is 12.8. The summed E-state index contributed by atoms with van der Waals surface area (Å²) in [5.74, 6) is -2.05. The lowest BCUT2D eigenvalue weighted by atomic mass is 9.98. The Morgan fingerprint density at radius 1 is 0.789 bits per heavy atom. The van der Waals surface area contributed by atoms with E-state index in [0.717, 1.165) is 0 Å². The summed E-state index contributed by atoms with van der Waals surface area (Å²) in [4.78, 5) is 61.6. The van der Waals surface area contributed by atoms with Gasteiger partial charge in [0.05, 0.1) is 11.0 Å². The number of benzene rings is 1. The van der Waals surface area contributed by atoms with Gasteiger partial charge in [0.1, 0.15) is 18.1 Å². The first kappa shape index (κ1) is 32.5. The van der Waals surface area contributed by atoms with Crippen LogP contribution in [0.25, 0.3) is 0 Å². The Balaban J connectivity index is 2.88. The maximum atomic E-state index is 13.1. The van der Waals surface area contributed by atoms with Crippen LogP contribution >= 0.6 is 0 Å². The quantitative estimate of drug-likeness (QED) is 0.178. The van der Waals surface area contributed by atoms with Crippen LogP contribution in [0.5, 0.6) is 0 Å². The minimum absolute atomic E-state index is 0.0434. The molecule has 6 N–H and O–H groups in total. The van der Waals surface area contributed by atoms with Gasteiger partial charge in [0, 0.05) is 17.8 Å². The van der Waals surface area contributed by atoms with Crippen molar-refractivity contribution in [1.82, 2.24) is 16.0 Å². The molecular weight excluding hydrogens is 492 g/mol. The van der Waals surface area contributed by atoms with Crippen LogP contribution < -0.4 is 27.0 Å². The molecule has 4 atom stereocenters. The van der Waals surface area contributed by atoms with Crippen LogP contribution in [0.3, 0.4) is 0 Å². The summed E-state index contributed by atoms with van der Waals surface area (Å²) in [5.41, 5.74) is 6.18. The maximum absolute atomic E-state index is 13.1. The predicted molar refractivity (Wildman–Crippen MR) is 145 cm³/mol. The van der Waals surface area contributed by atoms with Gasteiger partial charge < -0.3 is 27.0 Å². The molecule has 0 aliphatic carbocycles. The molecule has 4 amide bonds. The zero-order chi connectivity index (χ0) is 29.2. The van der Waals surface area contributed by atoms with Crippen LogP contribution in [-0.2, 0) is 19.2 Å². The molecule has 0 heterocycles. The Bertz CT molecular complexity index is 979. The van der Waals surface area contributed by atoms with Crippen molar-refractivity contribution in [2.75, 3.05) is 5.32 Å². The van der Waals surface area contributed by atoms with Crippen molar-refractivity contribution in [2.24, 2.45) is 23.5 Å². The second-order valence-corrected chi connectivity index (χ2v) is 10.7. The molecule has 0 unspecified atom stereocenters. The van der Waals surface area contributed by atoms with Gasteiger partial charge in [-0.1, -0.05) is 41.5 Å². The molecule has 0 bridgehead atoms. The molecule has 1 aromatic rings. The average Bonchev–Trinajstić information content (AvgIpc) is 2.80. The summed E-state index contributed by atoms with van der Waals surface area (Å²) in [5, 5.41) is 21.4. The van der Waals surface area contributed by atoms with E-state index in [9.17, 15) is 29.3 Å². The van der Waals surface area contributed by atoms with Gasteiger partial charge >= 0.3 is 0 Å². The molecule has 0 radical (unpaired) electrons. The summed E-state index contributed by atoms with van der Waals surface area (Å²) in [6.45, 7) is 12.7. The second kappa shape index (κ2) is 15.0. The van der Waals surface area contributed by atoms with Crippen molar-refractivity contribution in [3.05, 3.63) is 34.4 Å². The summed E-state index contributed by atoms with van der Waals surface area (Å²) >= 11 is 0. The van der Waals surface area contributed by atoms with E-state index in [1.807, 2.05) is 27.7 Å². The van der Waals surface area contributed by atoms with Gasteiger partial charge in [-0.25, -0.2) is 0 Å². The van der Waals surface area contributed by atoms with Crippen LogP contribution in [0.15, 0.2) is 24.3 Å². The number of carbonyl (C=O) groups is 4. The molecule has 0 saturated carbocycles. The number of hydrogen-bond acceptors (Lipinski definition) is 7. The molecule has 1 rings (SSSR count). The van der Waals surface area contributed by atoms with Crippen LogP contribution in [0.2, 0.25) is 0 Å². The fourth-order valence-corrected chi connectivity index (χ4v) is 3.67. The Hall–Kier alpha value is -3.54. The van der Waals surface area contributed by atoms with Crippen LogP contribution in [0, 0.1) is 27.9 Å². The monoisotopic (exact) mass is 534 g/mol. The number of nitrogens with one attached hydrogen (secondary N) is 4. The molecule has 12 nitrogen and oxygen atoms in total. The van der Waals surface area contributed by atoms with Gasteiger partial charge in [0.15, 0.2) is 0 Å². The van der Waals surface area contributed by atoms with Gasteiger partial charge in [0.25, 0.3) is 5.69 Å². The summed E-state index contributed by atoms with van der Waals surface area (Å²) < 4.78 is 0. The third kappa shape index (κ3) is 10.8. The van der Waals surface area contributed by atoms with E-state index in [2.05, 4.69) is 21.3 Å². The number of nitrogens with two attached hydrogens (primary N) is 1. The molecular formula is C26H42N6O6. The molecule has 0 aromatic heterocycles. The lowest BCUT2D eigenvalue weighted by Crippen LogP contribution is -2.58.